The van der Waals surface area contributed by atoms with Crippen LogP contribution in [-0.2, 0) is 11.3 Å². The number of nitrogens with zero attached hydrogens (tertiary/aromatic N) is 4. The van der Waals surface area contributed by atoms with Gasteiger partial charge in [0.1, 0.15) is 6.04 Å². The van der Waals surface area contributed by atoms with Gasteiger partial charge in [-0.2, -0.15) is 0 Å². The summed E-state index contributed by atoms with van der Waals surface area (Å²) in [4.78, 5) is 23.4. The Morgan fingerprint density at radius 2 is 1.86 bits per heavy atom. The SMILES string of the molecule is CC(C)C(=O)Nc1ccc(N2C(=S)NC(c3ccccn3)C2c2cccn2Cc2ccccn2)cc1Cl. The molecule has 1 fully saturated rings. The first-order valence-corrected chi connectivity index (χ1v) is 12.9. The predicted molar refractivity (Wildman–Crippen MR) is 151 cm³/mol. The Labute approximate surface area is 226 Å². The van der Waals surface area contributed by atoms with Crippen molar-refractivity contribution in [2.45, 2.75) is 32.5 Å². The summed E-state index contributed by atoms with van der Waals surface area (Å²) in [5.74, 6) is -0.241. The first-order chi connectivity index (χ1) is 17.9. The van der Waals surface area contributed by atoms with Crippen LogP contribution in [-0.4, -0.2) is 25.6 Å². The van der Waals surface area contributed by atoms with E-state index in [1.165, 1.54) is 0 Å². The minimum atomic E-state index is -0.201. The van der Waals surface area contributed by atoms with E-state index in [2.05, 4.69) is 42.3 Å². The summed E-state index contributed by atoms with van der Waals surface area (Å²) in [5.41, 5.74) is 4.29. The molecule has 4 heterocycles. The highest BCUT2D eigenvalue weighted by molar-refractivity contribution is 7.80. The standard InChI is InChI=1S/C28H27ClN6OS/c1-18(2)27(36)32-22-12-11-20(16-21(22)29)35-26(25(33-28(35)37)23-9-4-6-14-31-23)24-10-7-15-34(24)17-19-8-3-5-13-30-19/h3-16,18,25-26H,17H2,1-2H3,(H,32,36)(H,33,37). The molecule has 1 aliphatic rings. The fourth-order valence-electron chi connectivity index (χ4n) is 4.47. The van der Waals surface area contributed by atoms with Crippen molar-refractivity contribution in [2.24, 2.45) is 5.92 Å². The van der Waals surface area contributed by atoms with Crippen LogP contribution in [0.3, 0.4) is 0 Å². The average molecular weight is 531 g/mol. The topological polar surface area (TPSA) is 75.1 Å². The van der Waals surface area contributed by atoms with Crippen molar-refractivity contribution in [3.05, 3.63) is 107 Å². The number of rotatable bonds is 7. The molecule has 188 valence electrons. The van der Waals surface area contributed by atoms with Crippen molar-refractivity contribution in [2.75, 3.05) is 10.2 Å². The van der Waals surface area contributed by atoms with Crippen molar-refractivity contribution in [3.63, 3.8) is 0 Å². The quantitative estimate of drug-likeness (QED) is 0.296. The number of pyridine rings is 2. The van der Waals surface area contributed by atoms with Crippen molar-refractivity contribution >= 4 is 46.2 Å². The molecule has 1 aliphatic heterocycles. The molecule has 2 N–H and O–H groups in total. The van der Waals surface area contributed by atoms with E-state index < -0.39 is 0 Å². The summed E-state index contributed by atoms with van der Waals surface area (Å²) in [7, 11) is 0. The van der Waals surface area contributed by atoms with Crippen LogP contribution < -0.4 is 15.5 Å². The molecule has 9 heteroatoms. The van der Waals surface area contributed by atoms with Gasteiger partial charge in [0.25, 0.3) is 0 Å². The molecular weight excluding hydrogens is 504 g/mol. The van der Waals surface area contributed by atoms with Gasteiger partial charge in [-0.05, 0) is 66.8 Å². The highest BCUT2D eigenvalue weighted by Crippen LogP contribution is 2.43. The van der Waals surface area contributed by atoms with Crippen molar-refractivity contribution in [3.8, 4) is 0 Å². The minimum absolute atomic E-state index is 0.0894. The van der Waals surface area contributed by atoms with Gasteiger partial charge in [-0.1, -0.05) is 37.6 Å². The molecule has 37 heavy (non-hydrogen) atoms. The van der Waals surface area contributed by atoms with Gasteiger partial charge in [-0.25, -0.2) is 0 Å². The van der Waals surface area contributed by atoms with Gasteiger partial charge in [0.2, 0.25) is 5.91 Å². The van der Waals surface area contributed by atoms with Crippen LogP contribution in [0.4, 0.5) is 11.4 Å². The van der Waals surface area contributed by atoms with Crippen molar-refractivity contribution in [1.82, 2.24) is 19.9 Å². The number of carbonyl (C=O) groups excluding carboxylic acids is 1. The Morgan fingerprint density at radius 3 is 2.54 bits per heavy atom. The molecule has 2 unspecified atom stereocenters. The van der Waals surface area contributed by atoms with E-state index in [0.717, 1.165) is 22.8 Å². The van der Waals surface area contributed by atoms with Crippen LogP contribution in [0.1, 0.15) is 43.0 Å². The lowest BCUT2D eigenvalue weighted by Gasteiger charge is -2.29. The molecule has 0 bridgehead atoms. The third-order valence-electron chi connectivity index (χ3n) is 6.34. The lowest BCUT2D eigenvalue weighted by atomic mass is 10.0. The largest absolute Gasteiger partial charge is 0.351 e. The Balaban J connectivity index is 1.55. The summed E-state index contributed by atoms with van der Waals surface area (Å²) >= 11 is 12.5. The van der Waals surface area contributed by atoms with E-state index in [1.807, 2.05) is 74.5 Å². The molecule has 1 amide bonds. The van der Waals surface area contributed by atoms with Crippen molar-refractivity contribution < 1.29 is 4.79 Å². The van der Waals surface area contributed by atoms with Crippen LogP contribution in [0.25, 0.3) is 0 Å². The van der Waals surface area contributed by atoms with Gasteiger partial charge in [0.15, 0.2) is 5.11 Å². The number of anilines is 2. The Bertz CT molecular complexity index is 1410. The van der Waals surface area contributed by atoms with Crippen LogP contribution >= 0.6 is 23.8 Å². The second-order valence-corrected chi connectivity index (χ2v) is 9.98. The summed E-state index contributed by atoms with van der Waals surface area (Å²) in [5, 5.41) is 7.39. The maximum atomic E-state index is 12.2. The first kappa shape index (κ1) is 24.9. The van der Waals surface area contributed by atoms with Gasteiger partial charge in [-0.15, -0.1) is 0 Å². The summed E-state index contributed by atoms with van der Waals surface area (Å²) < 4.78 is 2.18. The molecule has 0 aliphatic carbocycles. The third-order valence-corrected chi connectivity index (χ3v) is 6.96. The number of nitrogens with one attached hydrogen (secondary N) is 2. The number of aromatic nitrogens is 3. The molecule has 0 radical (unpaired) electrons. The normalized spacial score (nSPS) is 17.2. The monoisotopic (exact) mass is 530 g/mol. The number of hydrogen-bond acceptors (Lipinski definition) is 4. The smallest absolute Gasteiger partial charge is 0.226 e. The van der Waals surface area contributed by atoms with E-state index in [-0.39, 0.29) is 23.9 Å². The molecule has 3 aromatic heterocycles. The average Bonchev–Trinajstić information content (AvgIpc) is 3.49. The Kier molecular flexibility index (Phi) is 7.21. The number of hydrogen-bond donors (Lipinski definition) is 2. The Morgan fingerprint density at radius 1 is 1.08 bits per heavy atom. The molecule has 1 saturated heterocycles. The number of amides is 1. The molecule has 0 saturated carbocycles. The molecule has 7 nitrogen and oxygen atoms in total. The van der Waals surface area contributed by atoms with Crippen molar-refractivity contribution in [1.29, 1.82) is 0 Å². The van der Waals surface area contributed by atoms with Gasteiger partial charge in [0, 0.05) is 35.9 Å². The second kappa shape index (κ2) is 10.7. The zero-order valence-corrected chi connectivity index (χ0v) is 22.1. The molecule has 4 aromatic rings. The van der Waals surface area contributed by atoms with E-state index in [9.17, 15) is 4.79 Å². The number of carbonyl (C=O) groups is 1. The van der Waals surface area contributed by atoms with E-state index in [4.69, 9.17) is 23.8 Å². The van der Waals surface area contributed by atoms with Gasteiger partial charge in [0.05, 0.1) is 34.7 Å². The molecule has 2 atom stereocenters. The van der Waals surface area contributed by atoms with E-state index in [0.29, 0.717) is 22.4 Å². The molecule has 1 aromatic carbocycles. The fraction of sp³-hybridized carbons (Fsp3) is 0.214. The number of thiocarbonyl (C=S) groups is 1. The zero-order chi connectivity index (χ0) is 25.9. The van der Waals surface area contributed by atoms with E-state index >= 15 is 0 Å². The lowest BCUT2D eigenvalue weighted by molar-refractivity contribution is -0.118. The maximum absolute atomic E-state index is 12.2. The highest BCUT2D eigenvalue weighted by atomic mass is 35.5. The second-order valence-electron chi connectivity index (χ2n) is 9.19. The summed E-state index contributed by atoms with van der Waals surface area (Å²) in [6.45, 7) is 4.30. The van der Waals surface area contributed by atoms with Crippen LogP contribution in [0, 0.1) is 5.92 Å². The number of benzene rings is 1. The van der Waals surface area contributed by atoms with Gasteiger partial charge in [-0.3, -0.25) is 14.8 Å². The maximum Gasteiger partial charge on any atom is 0.226 e. The highest BCUT2D eigenvalue weighted by Gasteiger charge is 2.42. The molecule has 0 spiro atoms. The summed E-state index contributed by atoms with van der Waals surface area (Å²) in [6, 6.07) is 21.1. The molecular formula is C28H27ClN6OS. The van der Waals surface area contributed by atoms with E-state index in [1.54, 1.807) is 12.4 Å². The molecule has 5 rings (SSSR count). The van der Waals surface area contributed by atoms with Gasteiger partial charge < -0.3 is 20.1 Å². The van der Waals surface area contributed by atoms with Crippen LogP contribution in [0.15, 0.2) is 85.3 Å². The zero-order valence-electron chi connectivity index (χ0n) is 20.5. The van der Waals surface area contributed by atoms with Crippen LogP contribution in [0.2, 0.25) is 5.02 Å². The predicted octanol–water partition coefficient (Wildman–Crippen LogP) is 5.75. The number of halogens is 1. The van der Waals surface area contributed by atoms with Crippen LogP contribution in [0.5, 0.6) is 0 Å². The fourth-order valence-corrected chi connectivity index (χ4v) is 5.04. The Hall–Kier alpha value is -3.75. The third kappa shape index (κ3) is 5.21. The first-order valence-electron chi connectivity index (χ1n) is 12.1. The van der Waals surface area contributed by atoms with Gasteiger partial charge >= 0.3 is 0 Å². The lowest BCUT2D eigenvalue weighted by Crippen LogP contribution is -2.30. The summed E-state index contributed by atoms with van der Waals surface area (Å²) in [6.07, 6.45) is 5.64. The minimum Gasteiger partial charge on any atom is -0.351 e.